The van der Waals surface area contributed by atoms with Crippen molar-refractivity contribution in [2.45, 2.75) is 6.92 Å². The van der Waals surface area contributed by atoms with Crippen molar-refractivity contribution in [1.82, 2.24) is 0 Å². The van der Waals surface area contributed by atoms with Crippen molar-refractivity contribution in [3.05, 3.63) is 23.8 Å². The van der Waals surface area contributed by atoms with E-state index in [1.807, 2.05) is 19.1 Å². The molecule has 1 aromatic rings. The highest BCUT2D eigenvalue weighted by Crippen LogP contribution is 2.15. The zero-order valence-electron chi connectivity index (χ0n) is 7.37. The van der Waals surface area contributed by atoms with Gasteiger partial charge in [0.15, 0.2) is 0 Å². The summed E-state index contributed by atoms with van der Waals surface area (Å²) in [5, 5.41) is 11.2. The van der Waals surface area contributed by atoms with Crippen molar-refractivity contribution >= 4 is 17.3 Å². The van der Waals surface area contributed by atoms with Crippen molar-refractivity contribution in [2.24, 2.45) is 0 Å². The van der Waals surface area contributed by atoms with Gasteiger partial charge >= 0.3 is 5.97 Å². The molecular weight excluding hydrogens is 168 g/mol. The van der Waals surface area contributed by atoms with Gasteiger partial charge in [0.1, 0.15) is 6.54 Å². The Bertz CT molecular complexity index is 303. The summed E-state index contributed by atoms with van der Waals surface area (Å²) in [5.41, 5.74) is 7.95. The number of nitrogens with one attached hydrogen (secondary N) is 1. The maximum atomic E-state index is 10.2. The van der Waals surface area contributed by atoms with Crippen molar-refractivity contribution < 1.29 is 9.90 Å². The zero-order chi connectivity index (χ0) is 9.84. The van der Waals surface area contributed by atoms with Gasteiger partial charge in [-0.2, -0.15) is 0 Å². The number of aryl methyl sites for hydroxylation is 1. The molecule has 0 aliphatic rings. The lowest BCUT2D eigenvalue weighted by atomic mass is 10.2. The van der Waals surface area contributed by atoms with Crippen molar-refractivity contribution in [3.8, 4) is 0 Å². The number of carbonyl (C=O) groups is 1. The van der Waals surface area contributed by atoms with Crippen molar-refractivity contribution in [1.29, 1.82) is 0 Å². The van der Waals surface area contributed by atoms with E-state index >= 15 is 0 Å². The predicted octanol–water partition coefficient (Wildman–Crippen LogP) is 1.07. The lowest BCUT2D eigenvalue weighted by Gasteiger charge is -2.05. The van der Waals surface area contributed by atoms with Crippen LogP contribution >= 0.6 is 0 Å². The maximum Gasteiger partial charge on any atom is 0.322 e. The second kappa shape index (κ2) is 3.80. The number of hydrogen-bond acceptors (Lipinski definition) is 3. The summed E-state index contributed by atoms with van der Waals surface area (Å²) in [5.74, 6) is -0.889. The Labute approximate surface area is 76.4 Å². The SMILES string of the molecule is Cc1cc(N)cc(NCC(=O)O)c1. The van der Waals surface area contributed by atoms with Crippen molar-refractivity contribution in [2.75, 3.05) is 17.6 Å². The number of carboxylic acid groups (broad SMARTS) is 1. The first-order chi connectivity index (χ1) is 6.08. The van der Waals surface area contributed by atoms with Crippen LogP contribution < -0.4 is 11.1 Å². The quantitative estimate of drug-likeness (QED) is 0.608. The molecule has 4 N–H and O–H groups in total. The molecule has 0 saturated heterocycles. The molecule has 70 valence electrons. The van der Waals surface area contributed by atoms with E-state index in [0.717, 1.165) is 11.3 Å². The average Bonchev–Trinajstić information content (AvgIpc) is 1.99. The van der Waals surface area contributed by atoms with Crippen LogP contribution in [0.1, 0.15) is 5.56 Å². The predicted molar refractivity (Wildman–Crippen MR) is 51.7 cm³/mol. The van der Waals surface area contributed by atoms with Crippen LogP contribution in [0.15, 0.2) is 18.2 Å². The summed E-state index contributed by atoms with van der Waals surface area (Å²) in [6.45, 7) is 1.81. The molecule has 0 bridgehead atoms. The third kappa shape index (κ3) is 3.02. The molecule has 1 rings (SSSR count). The molecule has 0 saturated carbocycles. The molecule has 0 atom stereocenters. The first-order valence-electron chi connectivity index (χ1n) is 3.91. The summed E-state index contributed by atoms with van der Waals surface area (Å²) in [4.78, 5) is 10.2. The summed E-state index contributed by atoms with van der Waals surface area (Å²) in [6, 6.07) is 5.38. The normalized spacial score (nSPS) is 9.62. The third-order valence-corrected chi connectivity index (χ3v) is 1.54. The van der Waals surface area contributed by atoms with Gasteiger partial charge in [0.05, 0.1) is 0 Å². The van der Waals surface area contributed by atoms with Gasteiger partial charge in [0.2, 0.25) is 0 Å². The van der Waals surface area contributed by atoms with Crippen LogP contribution in [0, 0.1) is 6.92 Å². The summed E-state index contributed by atoms with van der Waals surface area (Å²) in [7, 11) is 0. The first-order valence-corrected chi connectivity index (χ1v) is 3.91. The Balaban J connectivity index is 2.71. The fourth-order valence-corrected chi connectivity index (χ4v) is 1.09. The Morgan fingerprint density at radius 2 is 2.23 bits per heavy atom. The van der Waals surface area contributed by atoms with Crippen LogP contribution in [0.4, 0.5) is 11.4 Å². The highest BCUT2D eigenvalue weighted by molar-refractivity contribution is 5.73. The molecule has 0 heterocycles. The fraction of sp³-hybridized carbons (Fsp3) is 0.222. The van der Waals surface area contributed by atoms with Gasteiger partial charge in [-0.15, -0.1) is 0 Å². The van der Waals surface area contributed by atoms with Crippen LogP contribution in [0.25, 0.3) is 0 Å². The van der Waals surface area contributed by atoms with Crippen LogP contribution in [-0.4, -0.2) is 17.6 Å². The van der Waals surface area contributed by atoms with Gasteiger partial charge < -0.3 is 16.2 Å². The molecular formula is C9H12N2O2. The summed E-state index contributed by atoms with van der Waals surface area (Å²) < 4.78 is 0. The van der Waals surface area contributed by atoms with Gasteiger partial charge in [0, 0.05) is 11.4 Å². The van der Waals surface area contributed by atoms with E-state index in [0.29, 0.717) is 5.69 Å². The van der Waals surface area contributed by atoms with Gasteiger partial charge in [-0.1, -0.05) is 0 Å². The zero-order valence-corrected chi connectivity index (χ0v) is 7.37. The van der Waals surface area contributed by atoms with E-state index in [4.69, 9.17) is 10.8 Å². The maximum absolute atomic E-state index is 10.2. The van der Waals surface area contributed by atoms with Crippen LogP contribution in [0.5, 0.6) is 0 Å². The largest absolute Gasteiger partial charge is 0.480 e. The minimum absolute atomic E-state index is 0.0944. The highest BCUT2D eigenvalue weighted by atomic mass is 16.4. The second-order valence-corrected chi connectivity index (χ2v) is 2.88. The molecule has 4 heteroatoms. The van der Waals surface area contributed by atoms with Gasteiger partial charge in [-0.25, -0.2) is 0 Å². The number of nitrogen functional groups attached to an aromatic ring is 1. The molecule has 0 spiro atoms. The van der Waals surface area contributed by atoms with E-state index in [1.165, 1.54) is 0 Å². The molecule has 0 radical (unpaired) electrons. The van der Waals surface area contributed by atoms with E-state index in [2.05, 4.69) is 5.32 Å². The number of rotatable bonds is 3. The van der Waals surface area contributed by atoms with Crippen LogP contribution in [0.3, 0.4) is 0 Å². The van der Waals surface area contributed by atoms with Crippen LogP contribution in [0.2, 0.25) is 0 Å². The number of carboxylic acids is 1. The lowest BCUT2D eigenvalue weighted by Crippen LogP contribution is -2.12. The Morgan fingerprint density at radius 1 is 1.54 bits per heavy atom. The standard InChI is InChI=1S/C9H12N2O2/c1-6-2-7(10)4-8(3-6)11-5-9(12)13/h2-4,11H,5,10H2,1H3,(H,12,13). The summed E-state index contributed by atoms with van der Waals surface area (Å²) in [6.07, 6.45) is 0. The van der Waals surface area contributed by atoms with Gasteiger partial charge in [-0.05, 0) is 30.7 Å². The second-order valence-electron chi connectivity index (χ2n) is 2.88. The Hall–Kier alpha value is -1.71. The monoisotopic (exact) mass is 180 g/mol. The fourth-order valence-electron chi connectivity index (χ4n) is 1.09. The molecule has 0 fully saturated rings. The molecule has 0 aliphatic heterocycles. The number of anilines is 2. The number of nitrogens with two attached hydrogens (primary N) is 1. The van der Waals surface area contributed by atoms with E-state index in [1.54, 1.807) is 6.07 Å². The smallest absolute Gasteiger partial charge is 0.322 e. The molecule has 0 aromatic heterocycles. The third-order valence-electron chi connectivity index (χ3n) is 1.54. The molecule has 0 aliphatic carbocycles. The van der Waals surface area contributed by atoms with E-state index < -0.39 is 5.97 Å². The number of aliphatic carboxylic acids is 1. The van der Waals surface area contributed by atoms with Crippen LogP contribution in [-0.2, 0) is 4.79 Å². The number of benzene rings is 1. The Morgan fingerprint density at radius 3 is 2.77 bits per heavy atom. The minimum Gasteiger partial charge on any atom is -0.480 e. The average molecular weight is 180 g/mol. The minimum atomic E-state index is -0.889. The lowest BCUT2D eigenvalue weighted by molar-refractivity contribution is -0.134. The number of hydrogen-bond donors (Lipinski definition) is 3. The molecule has 1 aromatic carbocycles. The van der Waals surface area contributed by atoms with Gasteiger partial charge in [0.25, 0.3) is 0 Å². The van der Waals surface area contributed by atoms with Crippen molar-refractivity contribution in [3.63, 3.8) is 0 Å². The van der Waals surface area contributed by atoms with E-state index in [9.17, 15) is 4.79 Å². The first kappa shape index (κ1) is 9.38. The molecule has 13 heavy (non-hydrogen) atoms. The molecule has 4 nitrogen and oxygen atoms in total. The summed E-state index contributed by atoms with van der Waals surface area (Å²) >= 11 is 0. The Kier molecular flexibility index (Phi) is 2.74. The topological polar surface area (TPSA) is 75.3 Å². The highest BCUT2D eigenvalue weighted by Gasteiger charge is 1.98. The molecule has 0 amide bonds. The molecule has 0 unspecified atom stereocenters. The van der Waals surface area contributed by atoms with E-state index in [-0.39, 0.29) is 6.54 Å². The van der Waals surface area contributed by atoms with Gasteiger partial charge in [-0.3, -0.25) is 4.79 Å².